The fourth-order valence-electron chi connectivity index (χ4n) is 2.12. The number of rotatable bonds is 8. The molecule has 122 valence electrons. The highest BCUT2D eigenvalue weighted by molar-refractivity contribution is 5.82. The Morgan fingerprint density at radius 1 is 1.14 bits per heavy atom. The molecule has 1 aromatic rings. The molecule has 0 fully saturated rings. The van der Waals surface area contributed by atoms with Gasteiger partial charge in [-0.1, -0.05) is 13.8 Å². The van der Waals surface area contributed by atoms with E-state index >= 15 is 0 Å². The number of benzene rings is 1. The Morgan fingerprint density at radius 2 is 1.73 bits per heavy atom. The number of nitrogens with one attached hydrogen (secondary N) is 1. The summed E-state index contributed by atoms with van der Waals surface area (Å²) in [7, 11) is 2.51. The van der Waals surface area contributed by atoms with Gasteiger partial charge < -0.3 is 14.8 Å². The van der Waals surface area contributed by atoms with Gasteiger partial charge in [-0.05, 0) is 12.8 Å². The molecule has 0 radical (unpaired) electrons. The van der Waals surface area contributed by atoms with Gasteiger partial charge in [-0.15, -0.1) is 0 Å². The van der Waals surface area contributed by atoms with E-state index in [9.17, 15) is 20.2 Å². The molecule has 1 aromatic carbocycles. The van der Waals surface area contributed by atoms with E-state index in [1.807, 2.05) is 13.8 Å². The van der Waals surface area contributed by atoms with Gasteiger partial charge in [0.2, 0.25) is 5.75 Å². The molecule has 0 aliphatic carbocycles. The fourth-order valence-corrected chi connectivity index (χ4v) is 2.12. The first-order chi connectivity index (χ1) is 10.4. The first-order valence-corrected chi connectivity index (χ1v) is 6.75. The van der Waals surface area contributed by atoms with E-state index in [2.05, 4.69) is 5.32 Å². The van der Waals surface area contributed by atoms with E-state index in [1.165, 1.54) is 14.2 Å². The van der Waals surface area contributed by atoms with Gasteiger partial charge in [0.05, 0.1) is 30.1 Å². The van der Waals surface area contributed by atoms with E-state index in [0.29, 0.717) is 12.8 Å². The van der Waals surface area contributed by atoms with Crippen molar-refractivity contribution in [1.82, 2.24) is 0 Å². The molecule has 9 nitrogen and oxygen atoms in total. The molecule has 0 heterocycles. The first-order valence-electron chi connectivity index (χ1n) is 6.75. The van der Waals surface area contributed by atoms with Gasteiger partial charge >= 0.3 is 11.4 Å². The minimum atomic E-state index is -0.709. The first kappa shape index (κ1) is 17.5. The van der Waals surface area contributed by atoms with E-state index in [0.717, 1.165) is 6.07 Å². The molecule has 0 saturated heterocycles. The van der Waals surface area contributed by atoms with Crippen molar-refractivity contribution >= 4 is 17.1 Å². The van der Waals surface area contributed by atoms with Crippen LogP contribution in [-0.2, 0) is 0 Å². The van der Waals surface area contributed by atoms with E-state index in [-0.39, 0.29) is 23.2 Å². The number of hydrogen-bond acceptors (Lipinski definition) is 7. The van der Waals surface area contributed by atoms with Crippen LogP contribution < -0.4 is 14.8 Å². The number of nitro groups is 2. The lowest BCUT2D eigenvalue weighted by atomic mass is 10.1. The van der Waals surface area contributed by atoms with Gasteiger partial charge in [-0.2, -0.15) is 0 Å². The summed E-state index contributed by atoms with van der Waals surface area (Å²) in [5.74, 6) is -0.206. The fraction of sp³-hybridized carbons (Fsp3) is 0.538. The van der Waals surface area contributed by atoms with E-state index < -0.39 is 21.2 Å². The van der Waals surface area contributed by atoms with Crippen LogP contribution in [0.15, 0.2) is 6.07 Å². The number of ether oxygens (including phenoxy) is 2. The Hall–Kier alpha value is -2.58. The molecular weight excluding hydrogens is 294 g/mol. The van der Waals surface area contributed by atoms with Gasteiger partial charge in [-0.3, -0.25) is 20.2 Å². The Labute approximate surface area is 127 Å². The lowest BCUT2D eigenvalue weighted by Gasteiger charge is -2.18. The number of methoxy groups -OCH3 is 2. The quantitative estimate of drug-likeness (QED) is 0.578. The van der Waals surface area contributed by atoms with E-state index in [1.54, 1.807) is 0 Å². The van der Waals surface area contributed by atoms with Crippen LogP contribution >= 0.6 is 0 Å². The monoisotopic (exact) mass is 313 g/mol. The smallest absolute Gasteiger partial charge is 0.344 e. The molecule has 0 aromatic heterocycles. The molecule has 0 atom stereocenters. The topological polar surface area (TPSA) is 117 Å². The van der Waals surface area contributed by atoms with Crippen molar-refractivity contribution in [3.63, 3.8) is 0 Å². The number of anilines is 1. The van der Waals surface area contributed by atoms with Crippen molar-refractivity contribution in [3.05, 3.63) is 26.3 Å². The number of hydrogen-bond donors (Lipinski definition) is 1. The molecule has 0 saturated carbocycles. The third-order valence-electron chi connectivity index (χ3n) is 3.34. The van der Waals surface area contributed by atoms with Crippen LogP contribution in [0.2, 0.25) is 0 Å². The van der Waals surface area contributed by atoms with Crippen molar-refractivity contribution < 1.29 is 19.3 Å². The third-order valence-corrected chi connectivity index (χ3v) is 3.34. The maximum absolute atomic E-state index is 11.4. The summed E-state index contributed by atoms with van der Waals surface area (Å²) in [6.07, 6.45) is 1.33. The van der Waals surface area contributed by atoms with Crippen molar-refractivity contribution in [3.8, 4) is 11.5 Å². The lowest BCUT2D eigenvalue weighted by Crippen LogP contribution is -2.19. The van der Waals surface area contributed by atoms with Crippen molar-refractivity contribution in [2.24, 2.45) is 0 Å². The van der Waals surface area contributed by atoms with Gasteiger partial charge in [0.25, 0.3) is 0 Å². The largest absolute Gasteiger partial charge is 0.492 e. The van der Waals surface area contributed by atoms with Crippen LogP contribution in [0.5, 0.6) is 11.5 Å². The Balaban J connectivity index is 3.67. The summed E-state index contributed by atoms with van der Waals surface area (Å²) < 4.78 is 9.99. The summed E-state index contributed by atoms with van der Waals surface area (Å²) in [5.41, 5.74) is -1.09. The molecular formula is C13H19N3O6. The second kappa shape index (κ2) is 7.43. The lowest BCUT2D eigenvalue weighted by molar-refractivity contribution is -0.393. The summed E-state index contributed by atoms with van der Waals surface area (Å²) in [6.45, 7) is 3.78. The number of nitro benzene ring substituents is 2. The van der Waals surface area contributed by atoms with Gasteiger partial charge in [0.15, 0.2) is 11.4 Å². The molecule has 0 unspecified atom stereocenters. The molecule has 9 heteroatoms. The zero-order valence-electron chi connectivity index (χ0n) is 12.9. The predicted molar refractivity (Wildman–Crippen MR) is 80.8 cm³/mol. The minimum absolute atomic E-state index is 0.0593. The van der Waals surface area contributed by atoms with Gasteiger partial charge in [0, 0.05) is 6.04 Å². The highest BCUT2D eigenvalue weighted by Crippen LogP contribution is 2.48. The zero-order valence-corrected chi connectivity index (χ0v) is 12.9. The standard InChI is InChI=1S/C13H19N3O6/c1-5-8(6-2)14-11-9(15(17)18)7-10(21-3)13(22-4)12(11)16(19)20/h7-8,14H,5-6H2,1-4H3. The Morgan fingerprint density at radius 3 is 2.09 bits per heavy atom. The highest BCUT2D eigenvalue weighted by atomic mass is 16.6. The Kier molecular flexibility index (Phi) is 5.90. The minimum Gasteiger partial charge on any atom is -0.492 e. The SMILES string of the molecule is CCC(CC)Nc1c([N+](=O)[O-])cc(OC)c(OC)c1[N+](=O)[O-]. The number of nitrogens with zero attached hydrogens (tertiary/aromatic N) is 2. The van der Waals surface area contributed by atoms with Crippen LogP contribution in [0.1, 0.15) is 26.7 Å². The average Bonchev–Trinajstić information content (AvgIpc) is 2.50. The molecule has 1 N–H and O–H groups in total. The second-order valence-corrected chi connectivity index (χ2v) is 4.53. The summed E-state index contributed by atoms with van der Waals surface area (Å²) in [4.78, 5) is 21.3. The second-order valence-electron chi connectivity index (χ2n) is 4.53. The maximum Gasteiger partial charge on any atom is 0.344 e. The Bertz CT molecular complexity index is 571. The average molecular weight is 313 g/mol. The normalized spacial score (nSPS) is 10.4. The molecule has 0 spiro atoms. The molecule has 1 rings (SSSR count). The van der Waals surface area contributed by atoms with Crippen LogP contribution in [0.3, 0.4) is 0 Å². The summed E-state index contributed by atoms with van der Waals surface area (Å²) in [6, 6.07) is 0.992. The predicted octanol–water partition coefficient (Wildman–Crippen LogP) is 3.12. The third kappa shape index (κ3) is 3.35. The maximum atomic E-state index is 11.4. The highest BCUT2D eigenvalue weighted by Gasteiger charge is 2.34. The van der Waals surface area contributed by atoms with Crippen LogP contribution in [0.25, 0.3) is 0 Å². The molecule has 0 amide bonds. The summed E-state index contributed by atoms with van der Waals surface area (Å²) in [5, 5.41) is 25.6. The molecule has 22 heavy (non-hydrogen) atoms. The van der Waals surface area contributed by atoms with Gasteiger partial charge in [-0.25, -0.2) is 0 Å². The van der Waals surface area contributed by atoms with Crippen LogP contribution in [-0.4, -0.2) is 30.1 Å². The molecule has 0 aliphatic heterocycles. The van der Waals surface area contributed by atoms with Crippen molar-refractivity contribution in [1.29, 1.82) is 0 Å². The van der Waals surface area contributed by atoms with Crippen molar-refractivity contribution in [2.75, 3.05) is 19.5 Å². The molecule has 0 aliphatic rings. The van der Waals surface area contributed by atoms with Crippen LogP contribution in [0.4, 0.5) is 17.1 Å². The van der Waals surface area contributed by atoms with Crippen molar-refractivity contribution in [2.45, 2.75) is 32.7 Å². The van der Waals surface area contributed by atoms with Gasteiger partial charge in [0.1, 0.15) is 0 Å². The van der Waals surface area contributed by atoms with Crippen LogP contribution in [0, 0.1) is 20.2 Å². The molecule has 0 bridgehead atoms. The zero-order chi connectivity index (χ0) is 16.9. The summed E-state index contributed by atoms with van der Waals surface area (Å²) >= 11 is 0. The van der Waals surface area contributed by atoms with E-state index in [4.69, 9.17) is 9.47 Å².